The number of carbonyl (C=O) groups excluding carboxylic acids is 1. The molecule has 0 atom stereocenters. The molecule has 0 bridgehead atoms. The topological polar surface area (TPSA) is 58.1 Å². The van der Waals surface area contributed by atoms with Crippen LogP contribution in [0.4, 0.5) is 11.5 Å². The molecule has 0 spiro atoms. The fourth-order valence-electron chi connectivity index (χ4n) is 3.04. The minimum Gasteiger partial charge on any atom is -0.338 e. The zero-order valence-corrected chi connectivity index (χ0v) is 15.9. The minimum atomic E-state index is -0.0235. The van der Waals surface area contributed by atoms with E-state index in [1.54, 1.807) is 18.5 Å². The first-order valence-corrected chi connectivity index (χ1v) is 9.27. The first-order valence-electron chi connectivity index (χ1n) is 8.89. The van der Waals surface area contributed by atoms with Crippen LogP contribution in [0.2, 0.25) is 5.02 Å². The highest BCUT2D eigenvalue weighted by Gasteiger charge is 2.21. The van der Waals surface area contributed by atoms with E-state index < -0.39 is 0 Å². The number of halogens is 1. The summed E-state index contributed by atoms with van der Waals surface area (Å²) in [6, 6.07) is 5.50. The first kappa shape index (κ1) is 18.4. The predicted octanol–water partition coefficient (Wildman–Crippen LogP) is 4.75. The Bertz CT molecular complexity index is 817. The molecular weight excluding hydrogens is 348 g/mol. The van der Waals surface area contributed by atoms with E-state index in [0.717, 1.165) is 37.2 Å². The summed E-state index contributed by atoms with van der Waals surface area (Å²) in [5, 5.41) is 3.54. The van der Waals surface area contributed by atoms with E-state index in [-0.39, 0.29) is 5.91 Å². The Morgan fingerprint density at radius 2 is 2.19 bits per heavy atom. The SMILES string of the molecule is CCC=C1CCCN(C(=O)c2cnc(Nc3ccc(C)nc3)c(Cl)c2)C1. The van der Waals surface area contributed by atoms with Gasteiger partial charge >= 0.3 is 0 Å². The van der Waals surface area contributed by atoms with Gasteiger partial charge in [-0.15, -0.1) is 0 Å². The number of hydrogen-bond donors (Lipinski definition) is 1. The molecule has 1 saturated heterocycles. The van der Waals surface area contributed by atoms with Gasteiger partial charge in [0.15, 0.2) is 0 Å². The molecule has 1 fully saturated rings. The van der Waals surface area contributed by atoms with Crippen LogP contribution in [0.1, 0.15) is 42.2 Å². The number of carbonyl (C=O) groups is 1. The number of nitrogens with zero attached hydrogens (tertiary/aromatic N) is 3. The summed E-state index contributed by atoms with van der Waals surface area (Å²) in [4.78, 5) is 23.2. The molecule has 0 aliphatic carbocycles. The van der Waals surface area contributed by atoms with Gasteiger partial charge in [-0.05, 0) is 44.4 Å². The number of hydrogen-bond acceptors (Lipinski definition) is 4. The van der Waals surface area contributed by atoms with Gasteiger partial charge in [-0.25, -0.2) is 4.98 Å². The van der Waals surface area contributed by atoms with Crippen molar-refractivity contribution in [2.24, 2.45) is 0 Å². The summed E-state index contributed by atoms with van der Waals surface area (Å²) >= 11 is 6.34. The van der Waals surface area contributed by atoms with Gasteiger partial charge in [0.1, 0.15) is 5.82 Å². The average Bonchev–Trinajstić information content (AvgIpc) is 2.65. The molecule has 2 aromatic heterocycles. The average molecular weight is 371 g/mol. The maximum absolute atomic E-state index is 12.8. The second kappa shape index (κ2) is 8.32. The molecule has 136 valence electrons. The van der Waals surface area contributed by atoms with Crippen LogP contribution in [0.15, 0.2) is 42.2 Å². The molecule has 1 N–H and O–H groups in total. The molecule has 1 aliphatic rings. The Balaban J connectivity index is 1.73. The van der Waals surface area contributed by atoms with Crippen LogP contribution in [0.25, 0.3) is 0 Å². The smallest absolute Gasteiger partial charge is 0.255 e. The molecule has 0 unspecified atom stereocenters. The van der Waals surface area contributed by atoms with E-state index in [1.807, 2.05) is 24.0 Å². The van der Waals surface area contributed by atoms with Crippen molar-refractivity contribution in [3.63, 3.8) is 0 Å². The highest BCUT2D eigenvalue weighted by molar-refractivity contribution is 6.33. The lowest BCUT2D eigenvalue weighted by molar-refractivity contribution is 0.0751. The standard InChI is InChI=1S/C20H23ClN4O/c1-3-5-15-6-4-9-25(13-15)20(26)16-10-18(21)19(23-11-16)24-17-8-7-14(2)22-12-17/h5,7-8,10-12H,3-4,6,9,13H2,1-2H3,(H,23,24). The van der Waals surface area contributed by atoms with E-state index in [2.05, 4.69) is 28.3 Å². The second-order valence-electron chi connectivity index (χ2n) is 6.47. The van der Waals surface area contributed by atoms with Crippen LogP contribution in [-0.2, 0) is 0 Å². The zero-order valence-electron chi connectivity index (χ0n) is 15.1. The van der Waals surface area contributed by atoms with Crippen molar-refractivity contribution in [1.82, 2.24) is 14.9 Å². The Morgan fingerprint density at radius 1 is 1.35 bits per heavy atom. The third-order valence-corrected chi connectivity index (χ3v) is 4.65. The van der Waals surface area contributed by atoms with Gasteiger partial charge in [-0.1, -0.05) is 30.2 Å². The third-order valence-electron chi connectivity index (χ3n) is 4.36. The number of aryl methyl sites for hydroxylation is 1. The normalized spacial score (nSPS) is 16.0. The number of rotatable bonds is 4. The highest BCUT2D eigenvalue weighted by atomic mass is 35.5. The summed E-state index contributed by atoms with van der Waals surface area (Å²) in [6.45, 7) is 5.51. The van der Waals surface area contributed by atoms with Gasteiger partial charge in [0.2, 0.25) is 0 Å². The number of likely N-dealkylation sites (tertiary alicyclic amines) is 1. The maximum Gasteiger partial charge on any atom is 0.255 e. The Hall–Kier alpha value is -2.40. The molecule has 0 saturated carbocycles. The molecule has 5 nitrogen and oxygen atoms in total. The first-order chi connectivity index (χ1) is 12.6. The van der Waals surface area contributed by atoms with E-state index in [0.29, 0.717) is 22.9 Å². The van der Waals surface area contributed by atoms with Crippen molar-refractivity contribution in [2.75, 3.05) is 18.4 Å². The van der Waals surface area contributed by atoms with Crippen molar-refractivity contribution < 1.29 is 4.79 Å². The van der Waals surface area contributed by atoms with E-state index in [1.165, 1.54) is 5.57 Å². The quantitative estimate of drug-likeness (QED) is 0.788. The van der Waals surface area contributed by atoms with Crippen molar-refractivity contribution in [1.29, 1.82) is 0 Å². The Labute approximate surface area is 159 Å². The zero-order chi connectivity index (χ0) is 18.5. The van der Waals surface area contributed by atoms with Crippen LogP contribution in [0.5, 0.6) is 0 Å². The largest absolute Gasteiger partial charge is 0.338 e. The molecule has 26 heavy (non-hydrogen) atoms. The number of piperidine rings is 1. The van der Waals surface area contributed by atoms with Gasteiger partial charge in [0.05, 0.1) is 22.5 Å². The van der Waals surface area contributed by atoms with E-state index in [4.69, 9.17) is 11.6 Å². The number of nitrogens with one attached hydrogen (secondary N) is 1. The van der Waals surface area contributed by atoms with Gasteiger partial charge in [-0.2, -0.15) is 0 Å². The number of amides is 1. The second-order valence-corrected chi connectivity index (χ2v) is 6.88. The van der Waals surface area contributed by atoms with Crippen LogP contribution >= 0.6 is 11.6 Å². The van der Waals surface area contributed by atoms with Crippen LogP contribution in [0, 0.1) is 6.92 Å². The monoisotopic (exact) mass is 370 g/mol. The van der Waals surface area contributed by atoms with E-state index >= 15 is 0 Å². The Kier molecular flexibility index (Phi) is 5.89. The number of aromatic nitrogens is 2. The molecule has 6 heteroatoms. The fraction of sp³-hybridized carbons (Fsp3) is 0.350. The summed E-state index contributed by atoms with van der Waals surface area (Å²) in [7, 11) is 0. The van der Waals surface area contributed by atoms with Gasteiger partial charge in [-0.3, -0.25) is 9.78 Å². The third kappa shape index (κ3) is 4.41. The lowest BCUT2D eigenvalue weighted by Gasteiger charge is -2.29. The van der Waals surface area contributed by atoms with E-state index in [9.17, 15) is 4.79 Å². The maximum atomic E-state index is 12.8. The van der Waals surface area contributed by atoms with Crippen LogP contribution < -0.4 is 5.32 Å². The lowest BCUT2D eigenvalue weighted by Crippen LogP contribution is -2.36. The van der Waals surface area contributed by atoms with Gasteiger partial charge < -0.3 is 10.2 Å². The van der Waals surface area contributed by atoms with Crippen LogP contribution in [-0.4, -0.2) is 33.9 Å². The molecule has 3 heterocycles. The van der Waals surface area contributed by atoms with Gasteiger partial charge in [0.25, 0.3) is 5.91 Å². The van der Waals surface area contributed by atoms with Crippen LogP contribution in [0.3, 0.4) is 0 Å². The molecule has 1 amide bonds. The fourth-order valence-corrected chi connectivity index (χ4v) is 3.25. The molecule has 0 radical (unpaired) electrons. The van der Waals surface area contributed by atoms with Crippen molar-refractivity contribution in [3.8, 4) is 0 Å². The van der Waals surface area contributed by atoms with Gasteiger partial charge in [0, 0.05) is 25.0 Å². The molecule has 3 rings (SSSR count). The molecule has 0 aromatic carbocycles. The Morgan fingerprint density at radius 3 is 2.88 bits per heavy atom. The summed E-state index contributed by atoms with van der Waals surface area (Å²) in [6.07, 6.45) is 8.59. The van der Waals surface area contributed by atoms with Crippen molar-refractivity contribution in [3.05, 3.63) is 58.5 Å². The molecule has 2 aromatic rings. The van der Waals surface area contributed by atoms with Crippen molar-refractivity contribution >= 4 is 29.0 Å². The highest BCUT2D eigenvalue weighted by Crippen LogP contribution is 2.25. The molecular formula is C20H23ClN4O. The minimum absolute atomic E-state index is 0.0235. The summed E-state index contributed by atoms with van der Waals surface area (Å²) < 4.78 is 0. The summed E-state index contributed by atoms with van der Waals surface area (Å²) in [5.41, 5.74) is 3.58. The number of pyridine rings is 2. The predicted molar refractivity (Wildman–Crippen MR) is 105 cm³/mol. The number of allylic oxidation sites excluding steroid dienone is 1. The lowest BCUT2D eigenvalue weighted by atomic mass is 10.0. The summed E-state index contributed by atoms with van der Waals surface area (Å²) in [5.74, 6) is 0.490. The number of anilines is 2. The van der Waals surface area contributed by atoms with Crippen molar-refractivity contribution in [2.45, 2.75) is 33.1 Å². The molecule has 1 aliphatic heterocycles.